The molecule has 0 N–H and O–H groups in total. The fraction of sp³-hybridized carbons (Fsp3) is 0.214. The zero-order chi connectivity index (χ0) is 13.7. The number of pyridine rings is 1. The number of thiazole rings is 1. The summed E-state index contributed by atoms with van der Waals surface area (Å²) in [7, 11) is 0. The molecule has 0 atom stereocenters. The van der Waals surface area contributed by atoms with Crippen LogP contribution in [0.2, 0.25) is 0 Å². The van der Waals surface area contributed by atoms with E-state index in [2.05, 4.69) is 20.2 Å². The summed E-state index contributed by atoms with van der Waals surface area (Å²) in [5, 5.41) is 11.3. The summed E-state index contributed by atoms with van der Waals surface area (Å²) in [5.74, 6) is 0. The van der Waals surface area contributed by atoms with E-state index in [0.29, 0.717) is 0 Å². The Morgan fingerprint density at radius 2 is 2.00 bits per heavy atom. The number of rotatable bonds is 2. The van der Waals surface area contributed by atoms with Gasteiger partial charge in [-0.1, -0.05) is 19.9 Å². The molecule has 3 aromatic rings. The molecule has 0 unspecified atom stereocenters. The Balaban J connectivity index is 0.000000639. The van der Waals surface area contributed by atoms with Crippen molar-refractivity contribution < 1.29 is 31.1 Å². The van der Waals surface area contributed by atoms with Gasteiger partial charge in [0.1, 0.15) is 0 Å². The molecular weight excluding hydrogens is 494 g/mol. The van der Waals surface area contributed by atoms with Gasteiger partial charge in [-0.05, 0) is 24.6 Å². The van der Waals surface area contributed by atoms with Crippen molar-refractivity contribution in [3.8, 4) is 22.6 Å². The van der Waals surface area contributed by atoms with Crippen molar-refractivity contribution in [3.63, 3.8) is 0 Å². The number of aryl methyl sites for hydroxylation is 1. The number of aromatic nitrogens is 4. The van der Waals surface area contributed by atoms with Crippen molar-refractivity contribution in [2.24, 2.45) is 0 Å². The SMILES string of the molecule is CC.Cc1nc(-c2cc(-c3cccnc3)[n-]n2)cs1.[U]. The van der Waals surface area contributed by atoms with Gasteiger partial charge in [-0.15, -0.1) is 17.0 Å². The van der Waals surface area contributed by atoms with Crippen LogP contribution in [0.25, 0.3) is 22.6 Å². The summed E-state index contributed by atoms with van der Waals surface area (Å²) in [4.78, 5) is 8.45. The molecule has 3 rings (SSSR count). The van der Waals surface area contributed by atoms with Gasteiger partial charge in [-0.3, -0.25) is 4.98 Å². The van der Waals surface area contributed by atoms with Crippen LogP contribution in [0.1, 0.15) is 18.9 Å². The zero-order valence-electron chi connectivity index (χ0n) is 11.7. The maximum Gasteiger partial charge on any atom is 0.0980 e. The third-order valence-electron chi connectivity index (χ3n) is 2.38. The van der Waals surface area contributed by atoms with Crippen LogP contribution < -0.4 is 5.10 Å². The van der Waals surface area contributed by atoms with Gasteiger partial charge in [0, 0.05) is 48.9 Å². The summed E-state index contributed by atoms with van der Waals surface area (Å²) in [5.41, 5.74) is 3.50. The van der Waals surface area contributed by atoms with Crippen molar-refractivity contribution in [1.82, 2.24) is 20.2 Å². The standard InChI is InChI=1S/C12H9N4S.C2H6.U/c1-8-14-12(7-17-8)11-5-10(15-16-11)9-3-2-4-13-6-9;1-2;/h2-7H,1H3;1-2H3;/q-1;;. The van der Waals surface area contributed by atoms with Crippen LogP contribution in [-0.4, -0.2) is 15.1 Å². The molecule has 102 valence electrons. The van der Waals surface area contributed by atoms with Crippen LogP contribution in [0, 0.1) is 38.0 Å². The summed E-state index contributed by atoms with van der Waals surface area (Å²) in [6, 6.07) is 5.79. The second kappa shape index (κ2) is 8.36. The van der Waals surface area contributed by atoms with Gasteiger partial charge in [-0.25, -0.2) is 4.98 Å². The molecule has 0 saturated carbocycles. The predicted molar refractivity (Wildman–Crippen MR) is 78.0 cm³/mol. The van der Waals surface area contributed by atoms with E-state index in [-0.39, 0.29) is 31.1 Å². The number of hydrogen-bond acceptors (Lipinski definition) is 4. The van der Waals surface area contributed by atoms with Crippen LogP contribution in [0.4, 0.5) is 0 Å². The van der Waals surface area contributed by atoms with E-state index in [9.17, 15) is 0 Å². The van der Waals surface area contributed by atoms with E-state index in [1.54, 1.807) is 23.7 Å². The first-order chi connectivity index (χ1) is 9.33. The predicted octanol–water partition coefficient (Wildman–Crippen LogP) is 3.56. The van der Waals surface area contributed by atoms with Gasteiger partial charge in [0.25, 0.3) is 0 Å². The quantitative estimate of drug-likeness (QED) is 0.531. The normalized spacial score (nSPS) is 9.35. The molecule has 3 aromatic heterocycles. The van der Waals surface area contributed by atoms with E-state index in [0.717, 1.165) is 27.7 Å². The summed E-state index contributed by atoms with van der Waals surface area (Å²) in [6.07, 6.45) is 3.52. The van der Waals surface area contributed by atoms with Crippen LogP contribution in [0.3, 0.4) is 0 Å². The van der Waals surface area contributed by atoms with Crippen LogP contribution in [0.5, 0.6) is 0 Å². The third kappa shape index (κ3) is 4.02. The van der Waals surface area contributed by atoms with Crippen molar-refractivity contribution in [3.05, 3.63) is 41.0 Å². The Morgan fingerprint density at radius 3 is 2.60 bits per heavy atom. The molecule has 0 aliphatic carbocycles. The van der Waals surface area contributed by atoms with Crippen molar-refractivity contribution in [1.29, 1.82) is 0 Å². The molecule has 0 aliphatic rings. The van der Waals surface area contributed by atoms with E-state index in [1.807, 2.05) is 44.4 Å². The van der Waals surface area contributed by atoms with E-state index in [1.165, 1.54) is 0 Å². The monoisotopic (exact) mass is 509 g/mol. The summed E-state index contributed by atoms with van der Waals surface area (Å²) >= 11 is 1.61. The Morgan fingerprint density at radius 1 is 1.20 bits per heavy atom. The molecule has 0 aromatic carbocycles. The van der Waals surface area contributed by atoms with Crippen LogP contribution in [-0.2, 0) is 0 Å². The molecule has 0 amide bonds. The molecule has 20 heavy (non-hydrogen) atoms. The Bertz CT molecular complexity index is 633. The van der Waals surface area contributed by atoms with Crippen molar-refractivity contribution in [2.45, 2.75) is 20.8 Å². The van der Waals surface area contributed by atoms with Gasteiger partial charge in [0.05, 0.1) is 16.4 Å². The third-order valence-corrected chi connectivity index (χ3v) is 3.15. The van der Waals surface area contributed by atoms with Gasteiger partial charge in [0.15, 0.2) is 0 Å². The van der Waals surface area contributed by atoms with E-state index < -0.39 is 0 Å². The van der Waals surface area contributed by atoms with Crippen molar-refractivity contribution in [2.75, 3.05) is 0 Å². The molecule has 4 nitrogen and oxygen atoms in total. The minimum absolute atomic E-state index is 0. The first-order valence-corrected chi connectivity index (χ1v) is 7.04. The van der Waals surface area contributed by atoms with Gasteiger partial charge in [0.2, 0.25) is 0 Å². The Hall–Kier alpha value is -0.958. The summed E-state index contributed by atoms with van der Waals surface area (Å²) < 4.78 is 0. The smallest absolute Gasteiger partial charge is 0.0980 e. The van der Waals surface area contributed by atoms with Gasteiger partial charge >= 0.3 is 0 Å². The molecule has 0 radical (unpaired) electrons. The minimum Gasteiger partial charge on any atom is -0.574 e. The Labute approximate surface area is 146 Å². The summed E-state index contributed by atoms with van der Waals surface area (Å²) in [6.45, 7) is 5.98. The molecular formula is C14H15N4SU-. The largest absolute Gasteiger partial charge is 0.574 e. The topological polar surface area (TPSA) is 52.8 Å². The second-order valence-corrected chi connectivity index (χ2v) is 4.67. The molecule has 6 heteroatoms. The molecule has 0 saturated heterocycles. The fourth-order valence-electron chi connectivity index (χ4n) is 1.56. The Kier molecular flexibility index (Phi) is 7.14. The van der Waals surface area contributed by atoms with E-state index >= 15 is 0 Å². The van der Waals surface area contributed by atoms with E-state index in [4.69, 9.17) is 0 Å². The maximum absolute atomic E-state index is 4.39. The first kappa shape index (κ1) is 17.1. The minimum atomic E-state index is 0. The maximum atomic E-state index is 4.39. The molecule has 0 bridgehead atoms. The molecule has 0 spiro atoms. The zero-order valence-corrected chi connectivity index (χ0v) is 16.6. The van der Waals surface area contributed by atoms with Gasteiger partial charge in [-0.2, -0.15) is 0 Å². The molecule has 0 fully saturated rings. The van der Waals surface area contributed by atoms with Crippen LogP contribution in [0.15, 0.2) is 36.0 Å². The number of nitrogens with zero attached hydrogens (tertiary/aromatic N) is 4. The fourth-order valence-corrected chi connectivity index (χ4v) is 2.16. The average Bonchev–Trinajstić information content (AvgIpc) is 3.10. The first-order valence-electron chi connectivity index (χ1n) is 6.16. The molecule has 3 heterocycles. The van der Waals surface area contributed by atoms with Crippen LogP contribution >= 0.6 is 11.3 Å². The number of hydrogen-bond donors (Lipinski definition) is 0. The molecule has 0 aliphatic heterocycles. The average molecular weight is 509 g/mol. The van der Waals surface area contributed by atoms with Gasteiger partial charge < -0.3 is 10.2 Å². The second-order valence-electron chi connectivity index (χ2n) is 3.61. The van der Waals surface area contributed by atoms with Crippen molar-refractivity contribution >= 4 is 11.3 Å².